The number of aryl methyl sites for hydroxylation is 1. The topological polar surface area (TPSA) is 82.5 Å². The lowest BCUT2D eigenvalue weighted by Crippen LogP contribution is -2.21. The molecule has 1 aromatic heterocycles. The summed E-state index contributed by atoms with van der Waals surface area (Å²) in [5.41, 5.74) is 3.10. The lowest BCUT2D eigenvalue weighted by atomic mass is 10.1. The van der Waals surface area contributed by atoms with E-state index >= 15 is 0 Å². The molecule has 1 heterocycles. The highest BCUT2D eigenvalue weighted by Crippen LogP contribution is 2.21. The molecule has 0 radical (unpaired) electrons. The first kappa shape index (κ1) is 23.1. The molecule has 34 heavy (non-hydrogen) atoms. The second kappa shape index (κ2) is 10.2. The van der Waals surface area contributed by atoms with Crippen LogP contribution in [0.25, 0.3) is 5.69 Å². The summed E-state index contributed by atoms with van der Waals surface area (Å²) in [4.78, 5) is 25.0. The van der Waals surface area contributed by atoms with Crippen LogP contribution in [0.4, 0.5) is 5.69 Å². The molecular weight excluding hydrogens is 454 g/mol. The molecule has 0 saturated carbocycles. The molecule has 0 atom stereocenters. The van der Waals surface area contributed by atoms with Crippen molar-refractivity contribution in [2.24, 2.45) is 0 Å². The van der Waals surface area contributed by atoms with Crippen LogP contribution in [0, 0.1) is 6.92 Å². The van der Waals surface area contributed by atoms with Gasteiger partial charge in [0.2, 0.25) is 5.88 Å². The summed E-state index contributed by atoms with van der Waals surface area (Å²) < 4.78 is 12.1. The Balaban J connectivity index is 1.47. The van der Waals surface area contributed by atoms with Crippen LogP contribution >= 0.6 is 11.6 Å². The van der Waals surface area contributed by atoms with E-state index in [9.17, 15) is 9.59 Å². The Hall–Kier alpha value is -4.10. The van der Waals surface area contributed by atoms with E-state index in [0.29, 0.717) is 27.8 Å². The van der Waals surface area contributed by atoms with Crippen LogP contribution in [0.2, 0.25) is 5.02 Å². The molecule has 0 unspecified atom stereocenters. The molecule has 1 amide bonds. The molecule has 4 aromatic rings. The summed E-state index contributed by atoms with van der Waals surface area (Å²) in [5.74, 6) is 0.776. The fourth-order valence-corrected chi connectivity index (χ4v) is 3.38. The van der Waals surface area contributed by atoms with Crippen molar-refractivity contribution in [3.63, 3.8) is 0 Å². The van der Waals surface area contributed by atoms with Gasteiger partial charge in [-0.25, -0.2) is 0 Å². The van der Waals surface area contributed by atoms with E-state index in [0.717, 1.165) is 16.9 Å². The quantitative estimate of drug-likeness (QED) is 0.405. The van der Waals surface area contributed by atoms with E-state index in [1.807, 2.05) is 37.3 Å². The molecule has 172 valence electrons. The minimum atomic E-state index is -0.316. The van der Waals surface area contributed by atoms with Crippen molar-refractivity contribution in [1.82, 2.24) is 9.78 Å². The molecule has 0 aliphatic heterocycles. The van der Waals surface area contributed by atoms with Gasteiger partial charge in [-0.3, -0.25) is 9.59 Å². The van der Waals surface area contributed by atoms with Crippen molar-refractivity contribution in [3.8, 4) is 17.3 Å². The first-order chi connectivity index (χ1) is 16.4. The average molecular weight is 476 g/mol. The zero-order chi connectivity index (χ0) is 24.1. The van der Waals surface area contributed by atoms with Crippen LogP contribution in [0.5, 0.6) is 11.6 Å². The molecule has 0 fully saturated rings. The van der Waals surface area contributed by atoms with Crippen LogP contribution in [-0.4, -0.2) is 22.8 Å². The summed E-state index contributed by atoms with van der Waals surface area (Å²) in [6.07, 6.45) is 0. The fourth-order valence-electron chi connectivity index (χ4n) is 3.21. The number of carbonyl (C=O) groups is 1. The molecule has 0 aliphatic carbocycles. The van der Waals surface area contributed by atoms with E-state index < -0.39 is 0 Å². The van der Waals surface area contributed by atoms with Crippen LogP contribution < -0.4 is 20.3 Å². The molecule has 4 rings (SSSR count). The van der Waals surface area contributed by atoms with E-state index in [-0.39, 0.29) is 18.1 Å². The Bertz CT molecular complexity index is 1370. The Kier molecular flexibility index (Phi) is 6.94. The van der Waals surface area contributed by atoms with Crippen LogP contribution in [-0.2, 0) is 6.61 Å². The summed E-state index contributed by atoms with van der Waals surface area (Å²) in [5, 5.41) is 7.69. The fraction of sp³-hybridized carbons (Fsp3) is 0.115. The first-order valence-electron chi connectivity index (χ1n) is 10.5. The number of halogens is 1. The molecule has 3 aromatic carbocycles. The number of amides is 1. The smallest absolute Gasteiger partial charge is 0.271 e. The lowest BCUT2D eigenvalue weighted by molar-refractivity contribution is 0.102. The van der Waals surface area contributed by atoms with Gasteiger partial charge < -0.3 is 14.8 Å². The number of rotatable bonds is 7. The summed E-state index contributed by atoms with van der Waals surface area (Å²) in [6, 6.07) is 22.3. The van der Waals surface area contributed by atoms with Crippen molar-refractivity contribution < 1.29 is 14.3 Å². The van der Waals surface area contributed by atoms with Gasteiger partial charge in [0.15, 0.2) is 0 Å². The van der Waals surface area contributed by atoms with E-state index in [2.05, 4.69) is 10.4 Å². The number of ether oxygens (including phenoxy) is 2. The highest BCUT2D eigenvalue weighted by Gasteiger charge is 2.10. The number of nitrogens with one attached hydrogen (secondary N) is 1. The van der Waals surface area contributed by atoms with Gasteiger partial charge in [-0.1, -0.05) is 29.8 Å². The van der Waals surface area contributed by atoms with Crippen LogP contribution in [0.15, 0.2) is 83.7 Å². The second-order valence-corrected chi connectivity index (χ2v) is 7.96. The monoisotopic (exact) mass is 475 g/mol. The number of benzene rings is 3. The standard InChI is InChI=1S/C26H22ClN3O4/c1-17-3-8-20(27)15-23(17)28-26(32)19-6-9-21(10-7-19)30-25(31)14-13-24(29-30)34-16-18-4-11-22(33-2)12-5-18/h3-15H,16H2,1-2H3,(H,28,32). The Morgan fingerprint density at radius 1 is 1.00 bits per heavy atom. The minimum absolute atomic E-state index is 0.284. The maximum absolute atomic E-state index is 12.6. The normalized spacial score (nSPS) is 10.6. The molecule has 0 aliphatic rings. The van der Waals surface area contributed by atoms with Gasteiger partial charge in [-0.15, -0.1) is 5.10 Å². The van der Waals surface area contributed by atoms with Crippen LogP contribution in [0.1, 0.15) is 21.5 Å². The number of carbonyl (C=O) groups excluding carboxylic acids is 1. The Labute approximate surface area is 201 Å². The summed E-state index contributed by atoms with van der Waals surface area (Å²) in [7, 11) is 1.61. The van der Waals surface area contributed by atoms with Gasteiger partial charge in [-0.2, -0.15) is 4.68 Å². The van der Waals surface area contributed by atoms with Crippen molar-refractivity contribution in [3.05, 3.63) is 111 Å². The van der Waals surface area contributed by atoms with E-state index in [1.54, 1.807) is 43.5 Å². The highest BCUT2D eigenvalue weighted by molar-refractivity contribution is 6.31. The Morgan fingerprint density at radius 2 is 1.74 bits per heavy atom. The molecule has 0 spiro atoms. The number of hydrogen-bond acceptors (Lipinski definition) is 5. The zero-order valence-electron chi connectivity index (χ0n) is 18.6. The molecular formula is C26H22ClN3O4. The lowest BCUT2D eigenvalue weighted by Gasteiger charge is -2.11. The van der Waals surface area contributed by atoms with E-state index in [1.165, 1.54) is 16.8 Å². The van der Waals surface area contributed by atoms with Crippen molar-refractivity contribution >= 4 is 23.2 Å². The minimum Gasteiger partial charge on any atom is -0.497 e. The second-order valence-electron chi connectivity index (χ2n) is 7.52. The van der Waals surface area contributed by atoms with Gasteiger partial charge in [-0.05, 0) is 66.6 Å². The van der Waals surface area contributed by atoms with Crippen molar-refractivity contribution in [1.29, 1.82) is 0 Å². The maximum atomic E-state index is 12.6. The van der Waals surface area contributed by atoms with Crippen molar-refractivity contribution in [2.45, 2.75) is 13.5 Å². The third kappa shape index (κ3) is 5.44. The molecule has 8 heteroatoms. The third-order valence-electron chi connectivity index (χ3n) is 5.14. The third-order valence-corrected chi connectivity index (χ3v) is 5.38. The molecule has 1 N–H and O–H groups in total. The number of hydrogen-bond donors (Lipinski definition) is 1. The van der Waals surface area contributed by atoms with Gasteiger partial charge >= 0.3 is 0 Å². The predicted octanol–water partition coefficient (Wildman–Crippen LogP) is 5.03. The van der Waals surface area contributed by atoms with Gasteiger partial charge in [0.05, 0.1) is 12.8 Å². The summed E-state index contributed by atoms with van der Waals surface area (Å²) in [6.45, 7) is 2.17. The number of nitrogens with zero attached hydrogens (tertiary/aromatic N) is 2. The summed E-state index contributed by atoms with van der Waals surface area (Å²) >= 11 is 6.03. The molecule has 0 saturated heterocycles. The first-order valence-corrected chi connectivity index (χ1v) is 10.8. The average Bonchev–Trinajstić information content (AvgIpc) is 2.86. The number of aromatic nitrogens is 2. The van der Waals surface area contributed by atoms with Crippen LogP contribution in [0.3, 0.4) is 0 Å². The van der Waals surface area contributed by atoms with E-state index in [4.69, 9.17) is 21.1 Å². The molecule has 7 nitrogen and oxygen atoms in total. The highest BCUT2D eigenvalue weighted by atomic mass is 35.5. The predicted molar refractivity (Wildman–Crippen MR) is 131 cm³/mol. The largest absolute Gasteiger partial charge is 0.497 e. The zero-order valence-corrected chi connectivity index (χ0v) is 19.4. The maximum Gasteiger partial charge on any atom is 0.271 e. The number of methoxy groups -OCH3 is 1. The van der Waals surface area contributed by atoms with Gasteiger partial charge in [0, 0.05) is 28.4 Å². The van der Waals surface area contributed by atoms with Crippen molar-refractivity contribution in [2.75, 3.05) is 12.4 Å². The number of anilines is 1. The SMILES string of the molecule is COc1ccc(COc2ccc(=O)n(-c3ccc(C(=O)Nc4cc(Cl)ccc4C)cc3)n2)cc1. The van der Waals surface area contributed by atoms with Gasteiger partial charge in [0.1, 0.15) is 12.4 Å². The Morgan fingerprint density at radius 3 is 2.44 bits per heavy atom. The van der Waals surface area contributed by atoms with Gasteiger partial charge in [0.25, 0.3) is 11.5 Å². The molecule has 0 bridgehead atoms.